The fourth-order valence-corrected chi connectivity index (χ4v) is 6.44. The van der Waals surface area contributed by atoms with Crippen molar-refractivity contribution in [2.75, 3.05) is 0 Å². The van der Waals surface area contributed by atoms with E-state index in [2.05, 4.69) is 30.6 Å². The van der Waals surface area contributed by atoms with Crippen LogP contribution in [0.4, 0.5) is 0 Å². The summed E-state index contributed by atoms with van der Waals surface area (Å²) in [6.07, 6.45) is 11.5. The normalized spacial score (nSPS) is 11.7. The molecule has 0 aromatic heterocycles. The van der Waals surface area contributed by atoms with Gasteiger partial charge in [-0.1, -0.05) is 0 Å². The van der Waals surface area contributed by atoms with E-state index in [1.807, 2.05) is 20.8 Å². The Hall–Kier alpha value is -0.171. The van der Waals surface area contributed by atoms with Crippen molar-refractivity contribution in [1.82, 2.24) is 0 Å². The van der Waals surface area contributed by atoms with E-state index in [4.69, 9.17) is 4.74 Å². The van der Waals surface area contributed by atoms with Crippen molar-refractivity contribution >= 4 is 27.1 Å². The van der Waals surface area contributed by atoms with Gasteiger partial charge in [-0.25, -0.2) is 0 Å². The SMILES string of the molecule is CCCC[C](CCCC)(CCCC)[Sn][C]#CC(=O)OC(C)(C)C. The summed E-state index contributed by atoms with van der Waals surface area (Å²) in [5, 5.41) is 0. The van der Waals surface area contributed by atoms with E-state index in [-0.39, 0.29) is 5.97 Å². The third-order valence-corrected chi connectivity index (χ3v) is 8.29. The summed E-state index contributed by atoms with van der Waals surface area (Å²) < 4.78 is 9.09. The zero-order valence-electron chi connectivity index (χ0n) is 16.2. The summed E-state index contributed by atoms with van der Waals surface area (Å²) in [7, 11) is 0. The second-order valence-corrected chi connectivity index (χ2v) is 11.9. The van der Waals surface area contributed by atoms with Crippen LogP contribution in [-0.2, 0) is 9.53 Å². The van der Waals surface area contributed by atoms with Crippen LogP contribution in [-0.4, -0.2) is 32.7 Å². The standard InChI is InChI=1S/C13H27.C7H9O2.Sn/c1-4-7-10-13(11-8-5-2)12-9-6-3;1-5-6(8)9-7(2,3)4;/h4-12H2,1-3H3;2-4H3;. The molecule has 0 aliphatic carbocycles. The van der Waals surface area contributed by atoms with Crippen LogP contribution < -0.4 is 0 Å². The van der Waals surface area contributed by atoms with Crippen LogP contribution in [0.25, 0.3) is 0 Å². The average Bonchev–Trinajstić information content (AvgIpc) is 2.46. The molecule has 132 valence electrons. The summed E-state index contributed by atoms with van der Waals surface area (Å²) in [4.78, 5) is 11.8. The summed E-state index contributed by atoms with van der Waals surface area (Å²) in [5.74, 6) is 2.44. The monoisotopic (exact) mass is 428 g/mol. The van der Waals surface area contributed by atoms with Gasteiger partial charge in [0, 0.05) is 0 Å². The molecule has 0 aromatic carbocycles. The van der Waals surface area contributed by atoms with Crippen molar-refractivity contribution < 1.29 is 9.53 Å². The van der Waals surface area contributed by atoms with Gasteiger partial charge in [0.15, 0.2) is 0 Å². The number of hydrogen-bond donors (Lipinski definition) is 0. The Morgan fingerprint density at radius 3 is 1.70 bits per heavy atom. The second kappa shape index (κ2) is 12.2. The molecule has 0 aromatic rings. The van der Waals surface area contributed by atoms with Crippen molar-refractivity contribution in [2.45, 2.75) is 108 Å². The Morgan fingerprint density at radius 1 is 0.913 bits per heavy atom. The van der Waals surface area contributed by atoms with Crippen LogP contribution in [0.15, 0.2) is 0 Å². The third-order valence-electron chi connectivity index (χ3n) is 3.92. The van der Waals surface area contributed by atoms with Crippen molar-refractivity contribution in [3.63, 3.8) is 0 Å². The van der Waals surface area contributed by atoms with Gasteiger partial charge >= 0.3 is 155 Å². The van der Waals surface area contributed by atoms with Gasteiger partial charge in [0.2, 0.25) is 0 Å². The van der Waals surface area contributed by atoms with Crippen LogP contribution in [0.3, 0.4) is 0 Å². The fraction of sp³-hybridized carbons (Fsp3) is 0.850. The number of carbonyl (C=O) groups is 1. The molecule has 0 saturated carbocycles. The Bertz CT molecular complexity index is 363. The van der Waals surface area contributed by atoms with Gasteiger partial charge in [-0.2, -0.15) is 0 Å². The maximum atomic E-state index is 11.8. The van der Waals surface area contributed by atoms with E-state index < -0.39 is 26.7 Å². The van der Waals surface area contributed by atoms with Gasteiger partial charge in [0.05, 0.1) is 0 Å². The van der Waals surface area contributed by atoms with E-state index in [1.165, 1.54) is 57.8 Å². The fourth-order valence-electron chi connectivity index (χ4n) is 2.63. The van der Waals surface area contributed by atoms with Crippen molar-refractivity contribution in [1.29, 1.82) is 0 Å². The van der Waals surface area contributed by atoms with Gasteiger partial charge in [-0.05, 0) is 0 Å². The molecular formula is C20H36O2Sn. The molecule has 0 rings (SSSR count). The molecule has 0 atom stereocenters. The molecule has 0 spiro atoms. The first-order valence-corrected chi connectivity index (χ1v) is 12.1. The van der Waals surface area contributed by atoms with Gasteiger partial charge < -0.3 is 0 Å². The van der Waals surface area contributed by atoms with E-state index in [9.17, 15) is 4.79 Å². The summed E-state index contributed by atoms with van der Waals surface area (Å²) in [6.45, 7) is 12.5. The first kappa shape index (κ1) is 22.8. The van der Waals surface area contributed by atoms with Crippen LogP contribution >= 0.6 is 0 Å². The molecule has 0 bridgehead atoms. The molecule has 0 saturated heterocycles. The number of unbranched alkanes of at least 4 members (excludes halogenated alkanes) is 3. The van der Waals surface area contributed by atoms with Gasteiger partial charge in [-0.15, -0.1) is 0 Å². The quantitative estimate of drug-likeness (QED) is 0.253. The van der Waals surface area contributed by atoms with Gasteiger partial charge in [0.25, 0.3) is 0 Å². The summed E-state index contributed by atoms with van der Waals surface area (Å²) >= 11 is -0.920. The molecule has 2 nitrogen and oxygen atoms in total. The average molecular weight is 427 g/mol. The van der Waals surface area contributed by atoms with Crippen molar-refractivity contribution in [2.24, 2.45) is 0 Å². The third kappa shape index (κ3) is 11.9. The zero-order chi connectivity index (χ0) is 17.8. The minimum atomic E-state index is -0.920. The molecule has 0 heterocycles. The molecule has 3 heteroatoms. The number of rotatable bonds is 10. The molecule has 0 fully saturated rings. The van der Waals surface area contributed by atoms with Gasteiger partial charge in [-0.3, -0.25) is 0 Å². The van der Waals surface area contributed by atoms with E-state index in [1.54, 1.807) is 0 Å². The molecule has 23 heavy (non-hydrogen) atoms. The topological polar surface area (TPSA) is 26.3 Å². The first-order chi connectivity index (χ1) is 10.8. The number of hydrogen-bond acceptors (Lipinski definition) is 2. The van der Waals surface area contributed by atoms with Crippen LogP contribution in [0.1, 0.15) is 99.3 Å². The first-order valence-electron chi connectivity index (χ1n) is 9.29. The van der Waals surface area contributed by atoms with E-state index in [0.717, 1.165) is 0 Å². The molecule has 0 N–H and O–H groups in total. The van der Waals surface area contributed by atoms with Crippen molar-refractivity contribution in [3.05, 3.63) is 0 Å². The van der Waals surface area contributed by atoms with Crippen LogP contribution in [0, 0.1) is 9.86 Å². The van der Waals surface area contributed by atoms with Crippen LogP contribution in [0.5, 0.6) is 0 Å². The molecular weight excluding hydrogens is 391 g/mol. The maximum absolute atomic E-state index is 11.8. The Kier molecular flexibility index (Phi) is 12.1. The van der Waals surface area contributed by atoms with Gasteiger partial charge in [0.1, 0.15) is 0 Å². The minimum absolute atomic E-state index is 0.353. The molecule has 0 unspecified atom stereocenters. The number of ether oxygens (including phenoxy) is 1. The Morgan fingerprint density at radius 2 is 1.35 bits per heavy atom. The summed E-state index contributed by atoms with van der Waals surface area (Å²) in [5.41, 5.74) is -0.444. The number of carbonyl (C=O) groups excluding carboxylic acids is 1. The van der Waals surface area contributed by atoms with E-state index in [0.29, 0.717) is 3.43 Å². The van der Waals surface area contributed by atoms with Crippen LogP contribution in [0.2, 0.25) is 3.43 Å². The Labute approximate surface area is 154 Å². The summed E-state index contributed by atoms with van der Waals surface area (Å²) in [6, 6.07) is 0. The number of esters is 1. The Balaban J connectivity index is 4.92. The molecule has 0 aliphatic rings. The van der Waals surface area contributed by atoms with Crippen molar-refractivity contribution in [3.8, 4) is 9.86 Å². The molecule has 2 radical (unpaired) electrons. The predicted octanol–water partition coefficient (Wildman–Crippen LogP) is 5.72. The predicted molar refractivity (Wildman–Crippen MR) is 101 cm³/mol. The molecule has 0 amide bonds. The molecule has 0 aliphatic heterocycles. The zero-order valence-corrected chi connectivity index (χ0v) is 19.0. The van der Waals surface area contributed by atoms with E-state index >= 15 is 0 Å². The second-order valence-electron chi connectivity index (χ2n) is 7.47.